The zero-order valence-corrected chi connectivity index (χ0v) is 14.5. The van der Waals surface area contributed by atoms with E-state index in [1.807, 2.05) is 31.2 Å². The maximum absolute atomic E-state index is 5.24. The van der Waals surface area contributed by atoms with Crippen molar-refractivity contribution >= 4 is 17.7 Å². The second-order valence-electron chi connectivity index (χ2n) is 5.54. The van der Waals surface area contributed by atoms with E-state index < -0.39 is 0 Å². The maximum atomic E-state index is 5.24. The third kappa shape index (κ3) is 4.01. The van der Waals surface area contributed by atoms with Crippen molar-refractivity contribution in [3.05, 3.63) is 66.0 Å². The first-order chi connectivity index (χ1) is 12.2. The predicted octanol–water partition coefficient (Wildman–Crippen LogP) is 4.63. The summed E-state index contributed by atoms with van der Waals surface area (Å²) in [6.45, 7) is 4.09. The third-order valence-electron chi connectivity index (χ3n) is 3.76. The molecule has 25 heavy (non-hydrogen) atoms. The lowest BCUT2D eigenvalue weighted by molar-refractivity contribution is 0.414. The number of pyridine rings is 1. The van der Waals surface area contributed by atoms with Crippen LogP contribution in [-0.2, 0) is 0 Å². The fourth-order valence-electron chi connectivity index (χ4n) is 2.49. The van der Waals surface area contributed by atoms with Crippen LogP contribution >= 0.6 is 0 Å². The summed E-state index contributed by atoms with van der Waals surface area (Å²) < 4.78 is 5.24. The number of benzene rings is 1. The molecule has 0 radical (unpaired) electrons. The highest BCUT2D eigenvalue weighted by Gasteiger charge is 2.06. The first kappa shape index (κ1) is 16.6. The number of rotatable bonds is 5. The Kier molecular flexibility index (Phi) is 5.04. The van der Waals surface area contributed by atoms with Crippen molar-refractivity contribution in [2.45, 2.75) is 13.8 Å². The molecule has 0 saturated heterocycles. The van der Waals surface area contributed by atoms with E-state index in [0.29, 0.717) is 5.95 Å². The minimum Gasteiger partial charge on any atom is -0.497 e. The summed E-state index contributed by atoms with van der Waals surface area (Å²) in [6.07, 6.45) is 7.54. The Labute approximate surface area is 147 Å². The molecule has 0 aliphatic carbocycles. The monoisotopic (exact) mass is 332 g/mol. The minimum atomic E-state index is 0.528. The summed E-state index contributed by atoms with van der Waals surface area (Å²) >= 11 is 0. The Morgan fingerprint density at radius 1 is 1.00 bits per heavy atom. The first-order valence-electron chi connectivity index (χ1n) is 8.03. The van der Waals surface area contributed by atoms with Crippen molar-refractivity contribution in [2.24, 2.45) is 0 Å². The van der Waals surface area contributed by atoms with Gasteiger partial charge in [0.1, 0.15) is 5.75 Å². The Balaban J connectivity index is 1.85. The van der Waals surface area contributed by atoms with Gasteiger partial charge in [0.2, 0.25) is 5.95 Å². The van der Waals surface area contributed by atoms with Crippen molar-refractivity contribution in [3.63, 3.8) is 0 Å². The van der Waals surface area contributed by atoms with Gasteiger partial charge in [0, 0.05) is 24.1 Å². The molecular formula is C20H20N4O. The number of aromatic nitrogens is 3. The number of allylic oxidation sites excluding steroid dienone is 1. The smallest absolute Gasteiger partial charge is 0.227 e. The van der Waals surface area contributed by atoms with Crippen LogP contribution in [0.25, 0.3) is 17.5 Å². The van der Waals surface area contributed by atoms with Crippen LogP contribution in [0.5, 0.6) is 5.75 Å². The maximum Gasteiger partial charge on any atom is 0.227 e. The standard InChI is InChI=1S/C20H20N4O/c1-4-5-15-6-7-16(12-14(15)2)23-20-22-11-9-18(24-20)19-13-17(25-3)8-10-21-19/h4-13H,1-3H3,(H,22,23,24)/b5-4-. The lowest BCUT2D eigenvalue weighted by Gasteiger charge is -2.09. The van der Waals surface area contributed by atoms with E-state index in [2.05, 4.69) is 45.4 Å². The molecule has 0 amide bonds. The fraction of sp³-hybridized carbons (Fsp3) is 0.150. The van der Waals surface area contributed by atoms with Crippen molar-refractivity contribution in [2.75, 3.05) is 12.4 Å². The summed E-state index contributed by atoms with van der Waals surface area (Å²) in [4.78, 5) is 13.2. The molecule has 126 valence electrons. The van der Waals surface area contributed by atoms with Gasteiger partial charge in [-0.15, -0.1) is 0 Å². The Bertz CT molecular complexity index is 906. The van der Waals surface area contributed by atoms with Gasteiger partial charge in [-0.25, -0.2) is 9.97 Å². The third-order valence-corrected chi connectivity index (χ3v) is 3.76. The molecule has 0 fully saturated rings. The normalized spacial score (nSPS) is 10.8. The first-order valence-corrected chi connectivity index (χ1v) is 8.03. The molecule has 0 aliphatic rings. The highest BCUT2D eigenvalue weighted by atomic mass is 16.5. The molecule has 1 N–H and O–H groups in total. The number of methoxy groups -OCH3 is 1. The quantitative estimate of drug-likeness (QED) is 0.738. The molecular weight excluding hydrogens is 312 g/mol. The van der Waals surface area contributed by atoms with Crippen LogP contribution in [-0.4, -0.2) is 22.1 Å². The summed E-state index contributed by atoms with van der Waals surface area (Å²) in [5, 5.41) is 3.25. The van der Waals surface area contributed by atoms with E-state index in [1.54, 1.807) is 25.6 Å². The highest BCUT2D eigenvalue weighted by molar-refractivity contribution is 5.63. The molecule has 0 saturated carbocycles. The Morgan fingerprint density at radius 3 is 2.60 bits per heavy atom. The van der Waals surface area contributed by atoms with Crippen molar-refractivity contribution in [1.29, 1.82) is 0 Å². The van der Waals surface area contributed by atoms with Gasteiger partial charge in [-0.3, -0.25) is 4.98 Å². The van der Waals surface area contributed by atoms with Crippen LogP contribution in [0.4, 0.5) is 11.6 Å². The van der Waals surface area contributed by atoms with Gasteiger partial charge < -0.3 is 10.1 Å². The molecule has 5 heteroatoms. The Morgan fingerprint density at radius 2 is 1.84 bits per heavy atom. The SMILES string of the molecule is C/C=C\c1ccc(Nc2nccc(-c3cc(OC)ccn3)n2)cc1C. The minimum absolute atomic E-state index is 0.528. The number of hydrogen-bond acceptors (Lipinski definition) is 5. The van der Waals surface area contributed by atoms with Crippen LogP contribution in [0.1, 0.15) is 18.1 Å². The van der Waals surface area contributed by atoms with Crippen molar-refractivity contribution in [1.82, 2.24) is 15.0 Å². The fourth-order valence-corrected chi connectivity index (χ4v) is 2.49. The van der Waals surface area contributed by atoms with E-state index in [0.717, 1.165) is 22.8 Å². The topological polar surface area (TPSA) is 59.9 Å². The summed E-state index contributed by atoms with van der Waals surface area (Å²) in [5.74, 6) is 1.27. The average molecular weight is 332 g/mol. The number of nitrogens with one attached hydrogen (secondary N) is 1. The van der Waals surface area contributed by atoms with Gasteiger partial charge in [-0.2, -0.15) is 0 Å². The summed E-state index contributed by atoms with van der Waals surface area (Å²) in [5.41, 5.74) is 4.81. The molecule has 1 aromatic carbocycles. The molecule has 3 aromatic rings. The number of ether oxygens (including phenoxy) is 1. The molecule has 2 heterocycles. The largest absolute Gasteiger partial charge is 0.497 e. The average Bonchev–Trinajstić information content (AvgIpc) is 2.64. The number of hydrogen-bond donors (Lipinski definition) is 1. The number of anilines is 2. The van der Waals surface area contributed by atoms with E-state index in [9.17, 15) is 0 Å². The van der Waals surface area contributed by atoms with E-state index in [-0.39, 0.29) is 0 Å². The van der Waals surface area contributed by atoms with E-state index in [1.165, 1.54) is 11.1 Å². The Hall–Kier alpha value is -3.21. The zero-order chi connectivity index (χ0) is 17.6. The second-order valence-corrected chi connectivity index (χ2v) is 5.54. The molecule has 5 nitrogen and oxygen atoms in total. The molecule has 0 aliphatic heterocycles. The van der Waals surface area contributed by atoms with Crippen LogP contribution in [0, 0.1) is 6.92 Å². The lowest BCUT2D eigenvalue weighted by atomic mass is 10.1. The molecule has 0 bridgehead atoms. The van der Waals surface area contributed by atoms with Crippen LogP contribution in [0.3, 0.4) is 0 Å². The number of nitrogens with zero attached hydrogens (tertiary/aromatic N) is 3. The summed E-state index contributed by atoms with van der Waals surface area (Å²) in [7, 11) is 1.63. The van der Waals surface area contributed by atoms with Crippen molar-refractivity contribution in [3.8, 4) is 17.1 Å². The van der Waals surface area contributed by atoms with Crippen LogP contribution < -0.4 is 10.1 Å². The van der Waals surface area contributed by atoms with Gasteiger partial charge in [0.25, 0.3) is 0 Å². The van der Waals surface area contributed by atoms with Gasteiger partial charge in [-0.05, 0) is 49.2 Å². The molecule has 3 rings (SSSR count). The molecule has 0 spiro atoms. The predicted molar refractivity (Wildman–Crippen MR) is 101 cm³/mol. The molecule has 2 aromatic heterocycles. The van der Waals surface area contributed by atoms with Gasteiger partial charge in [-0.1, -0.05) is 18.2 Å². The van der Waals surface area contributed by atoms with E-state index in [4.69, 9.17) is 4.74 Å². The molecule has 0 atom stereocenters. The lowest BCUT2D eigenvalue weighted by Crippen LogP contribution is -1.99. The van der Waals surface area contributed by atoms with E-state index >= 15 is 0 Å². The summed E-state index contributed by atoms with van der Waals surface area (Å²) in [6, 6.07) is 11.6. The second kappa shape index (κ2) is 7.57. The molecule has 0 unspecified atom stereocenters. The number of aryl methyl sites for hydroxylation is 1. The van der Waals surface area contributed by atoms with Gasteiger partial charge >= 0.3 is 0 Å². The zero-order valence-electron chi connectivity index (χ0n) is 14.5. The highest BCUT2D eigenvalue weighted by Crippen LogP contribution is 2.22. The van der Waals surface area contributed by atoms with Crippen molar-refractivity contribution < 1.29 is 4.74 Å². The van der Waals surface area contributed by atoms with Crippen LogP contribution in [0.15, 0.2) is 54.9 Å². The van der Waals surface area contributed by atoms with Crippen LogP contribution in [0.2, 0.25) is 0 Å². The van der Waals surface area contributed by atoms with Gasteiger partial charge in [0.15, 0.2) is 0 Å². The van der Waals surface area contributed by atoms with Gasteiger partial charge in [0.05, 0.1) is 18.5 Å².